The summed E-state index contributed by atoms with van der Waals surface area (Å²) in [5, 5.41) is 0. The summed E-state index contributed by atoms with van der Waals surface area (Å²) in [5.41, 5.74) is 9.33. The molecule has 2 rings (SSSR count). The summed E-state index contributed by atoms with van der Waals surface area (Å²) in [7, 11) is 1.75. The van der Waals surface area contributed by atoms with Crippen LogP contribution in [-0.4, -0.2) is 13.7 Å². The molecule has 94 valence electrons. The highest BCUT2D eigenvalue weighted by molar-refractivity contribution is 5.36. The van der Waals surface area contributed by atoms with Crippen LogP contribution in [0.5, 0.6) is 0 Å². The Morgan fingerprint density at radius 3 is 2.94 bits per heavy atom. The zero-order valence-corrected chi connectivity index (χ0v) is 10.9. The molecule has 0 saturated heterocycles. The number of benzene rings is 1. The lowest BCUT2D eigenvalue weighted by Gasteiger charge is -2.40. The van der Waals surface area contributed by atoms with E-state index in [4.69, 9.17) is 10.5 Å². The van der Waals surface area contributed by atoms with Crippen LogP contribution < -0.4 is 5.73 Å². The first-order chi connectivity index (χ1) is 8.18. The number of hydrogen-bond acceptors (Lipinski definition) is 2. The monoisotopic (exact) mass is 233 g/mol. The van der Waals surface area contributed by atoms with Gasteiger partial charge in [0.1, 0.15) is 0 Å². The fourth-order valence-corrected chi connectivity index (χ4v) is 2.96. The third kappa shape index (κ3) is 2.38. The summed E-state index contributed by atoms with van der Waals surface area (Å²) < 4.78 is 5.18. The zero-order chi connectivity index (χ0) is 12.3. The predicted molar refractivity (Wildman–Crippen MR) is 70.9 cm³/mol. The molecule has 2 N–H and O–H groups in total. The molecular formula is C15H23NO. The van der Waals surface area contributed by atoms with Crippen molar-refractivity contribution in [1.29, 1.82) is 0 Å². The molecule has 0 aromatic heterocycles. The first-order valence-corrected chi connectivity index (χ1v) is 6.54. The van der Waals surface area contributed by atoms with Crippen LogP contribution in [0.3, 0.4) is 0 Å². The Morgan fingerprint density at radius 2 is 2.18 bits per heavy atom. The van der Waals surface area contributed by atoms with Gasteiger partial charge < -0.3 is 10.5 Å². The van der Waals surface area contributed by atoms with Crippen LogP contribution in [0.25, 0.3) is 0 Å². The van der Waals surface area contributed by atoms with Gasteiger partial charge in [-0.1, -0.05) is 31.2 Å². The molecule has 0 saturated carbocycles. The van der Waals surface area contributed by atoms with Crippen molar-refractivity contribution in [3.63, 3.8) is 0 Å². The van der Waals surface area contributed by atoms with E-state index in [1.807, 2.05) is 0 Å². The van der Waals surface area contributed by atoms with Gasteiger partial charge in [0, 0.05) is 19.3 Å². The van der Waals surface area contributed by atoms with Crippen LogP contribution in [0.15, 0.2) is 24.3 Å². The lowest BCUT2D eigenvalue weighted by Crippen LogP contribution is -2.46. The second kappa shape index (κ2) is 5.19. The molecule has 0 spiro atoms. The first kappa shape index (κ1) is 12.6. The van der Waals surface area contributed by atoms with E-state index in [0.717, 1.165) is 19.4 Å². The maximum absolute atomic E-state index is 6.70. The number of aryl methyl sites for hydroxylation is 1. The van der Waals surface area contributed by atoms with Gasteiger partial charge in [0.2, 0.25) is 0 Å². The van der Waals surface area contributed by atoms with Crippen molar-refractivity contribution in [3.05, 3.63) is 35.4 Å². The highest BCUT2D eigenvalue weighted by Gasteiger charge is 2.36. The molecule has 0 radical (unpaired) electrons. The topological polar surface area (TPSA) is 35.2 Å². The van der Waals surface area contributed by atoms with Crippen LogP contribution in [0.1, 0.15) is 37.3 Å². The van der Waals surface area contributed by atoms with Gasteiger partial charge in [0.25, 0.3) is 0 Å². The van der Waals surface area contributed by atoms with Gasteiger partial charge in [0.15, 0.2) is 0 Å². The molecule has 0 bridgehead atoms. The van der Waals surface area contributed by atoms with Crippen molar-refractivity contribution >= 4 is 0 Å². The molecule has 1 aromatic carbocycles. The molecule has 17 heavy (non-hydrogen) atoms. The Morgan fingerprint density at radius 1 is 1.41 bits per heavy atom. The Balaban J connectivity index is 2.26. The van der Waals surface area contributed by atoms with E-state index in [9.17, 15) is 0 Å². The largest absolute Gasteiger partial charge is 0.385 e. The van der Waals surface area contributed by atoms with E-state index < -0.39 is 0 Å². The van der Waals surface area contributed by atoms with E-state index >= 15 is 0 Å². The summed E-state index contributed by atoms with van der Waals surface area (Å²) >= 11 is 0. The molecule has 2 nitrogen and oxygen atoms in total. The number of hydrogen-bond donors (Lipinski definition) is 1. The fraction of sp³-hybridized carbons (Fsp3) is 0.600. The minimum atomic E-state index is -0.159. The minimum Gasteiger partial charge on any atom is -0.385 e. The van der Waals surface area contributed by atoms with Gasteiger partial charge in [-0.25, -0.2) is 0 Å². The number of fused-ring (bicyclic) bond motifs is 1. The fourth-order valence-electron chi connectivity index (χ4n) is 2.96. The van der Waals surface area contributed by atoms with Crippen LogP contribution in [0, 0.1) is 5.92 Å². The van der Waals surface area contributed by atoms with E-state index in [2.05, 4.69) is 31.2 Å². The smallest absolute Gasteiger partial charge is 0.0465 e. The van der Waals surface area contributed by atoms with E-state index in [1.54, 1.807) is 7.11 Å². The average Bonchev–Trinajstić information content (AvgIpc) is 2.36. The maximum Gasteiger partial charge on any atom is 0.0465 e. The number of ether oxygens (including phenoxy) is 1. The quantitative estimate of drug-likeness (QED) is 0.868. The lowest BCUT2D eigenvalue weighted by molar-refractivity contribution is 0.147. The third-order valence-corrected chi connectivity index (χ3v) is 4.19. The summed E-state index contributed by atoms with van der Waals surface area (Å²) in [6.07, 6.45) is 4.49. The van der Waals surface area contributed by atoms with Gasteiger partial charge >= 0.3 is 0 Å². The summed E-state index contributed by atoms with van der Waals surface area (Å²) in [5.74, 6) is 0.462. The van der Waals surface area contributed by atoms with Gasteiger partial charge in [-0.3, -0.25) is 0 Å². The second-order valence-corrected chi connectivity index (χ2v) is 5.23. The summed E-state index contributed by atoms with van der Waals surface area (Å²) in [6.45, 7) is 3.05. The van der Waals surface area contributed by atoms with Gasteiger partial charge in [-0.2, -0.15) is 0 Å². The van der Waals surface area contributed by atoms with Gasteiger partial charge in [-0.15, -0.1) is 0 Å². The number of methoxy groups -OCH3 is 1. The molecule has 1 aliphatic rings. The van der Waals surface area contributed by atoms with Crippen molar-refractivity contribution in [3.8, 4) is 0 Å². The van der Waals surface area contributed by atoms with Gasteiger partial charge in [-0.05, 0) is 42.7 Å². The van der Waals surface area contributed by atoms with E-state index in [-0.39, 0.29) is 5.54 Å². The van der Waals surface area contributed by atoms with Crippen molar-refractivity contribution in [1.82, 2.24) is 0 Å². The molecule has 2 unspecified atom stereocenters. The Bertz CT molecular complexity index is 377. The number of rotatable bonds is 4. The van der Waals surface area contributed by atoms with Crippen molar-refractivity contribution in [2.45, 2.75) is 38.1 Å². The summed E-state index contributed by atoms with van der Waals surface area (Å²) in [6, 6.07) is 8.65. The van der Waals surface area contributed by atoms with Crippen molar-refractivity contribution in [2.75, 3.05) is 13.7 Å². The summed E-state index contributed by atoms with van der Waals surface area (Å²) in [4.78, 5) is 0. The highest BCUT2D eigenvalue weighted by atomic mass is 16.5. The van der Waals surface area contributed by atoms with Crippen LogP contribution in [-0.2, 0) is 16.7 Å². The minimum absolute atomic E-state index is 0.159. The molecule has 0 aliphatic heterocycles. The molecule has 1 aliphatic carbocycles. The average molecular weight is 233 g/mol. The molecular weight excluding hydrogens is 210 g/mol. The Labute approximate surface area is 104 Å². The van der Waals surface area contributed by atoms with Crippen molar-refractivity contribution < 1.29 is 4.74 Å². The lowest BCUT2D eigenvalue weighted by atomic mass is 9.69. The maximum atomic E-state index is 6.70. The first-order valence-electron chi connectivity index (χ1n) is 6.54. The van der Waals surface area contributed by atoms with Crippen molar-refractivity contribution in [2.24, 2.45) is 11.7 Å². The van der Waals surface area contributed by atoms with Gasteiger partial charge in [0.05, 0.1) is 0 Å². The Kier molecular flexibility index (Phi) is 3.85. The molecule has 0 fully saturated rings. The van der Waals surface area contributed by atoms with Crippen LogP contribution in [0.2, 0.25) is 0 Å². The molecule has 0 heterocycles. The standard InChI is InChI=1S/C15H23NO/c1-12(9-11-17-2)15(16)10-5-7-13-6-3-4-8-14(13)15/h3-4,6,8,12H,5,7,9-11,16H2,1-2H3. The van der Waals surface area contributed by atoms with Crippen LogP contribution >= 0.6 is 0 Å². The predicted octanol–water partition coefficient (Wildman–Crippen LogP) is 2.85. The highest BCUT2D eigenvalue weighted by Crippen LogP contribution is 2.39. The van der Waals surface area contributed by atoms with E-state index in [1.165, 1.54) is 24.0 Å². The molecule has 2 atom stereocenters. The van der Waals surface area contributed by atoms with Crippen LogP contribution in [0.4, 0.5) is 0 Å². The number of nitrogens with two attached hydrogens (primary N) is 1. The normalized spacial score (nSPS) is 25.4. The Hall–Kier alpha value is -0.860. The molecule has 1 aromatic rings. The second-order valence-electron chi connectivity index (χ2n) is 5.23. The SMILES string of the molecule is COCCC(C)C1(N)CCCc2ccccc21. The molecule has 2 heteroatoms. The van der Waals surface area contributed by atoms with E-state index in [0.29, 0.717) is 5.92 Å². The zero-order valence-electron chi connectivity index (χ0n) is 10.9. The third-order valence-electron chi connectivity index (χ3n) is 4.19. The molecule has 0 amide bonds.